The number of nitrogens with zero attached hydrogens (tertiary/aromatic N) is 5. The highest BCUT2D eigenvalue weighted by molar-refractivity contribution is 5.74. The van der Waals surface area contributed by atoms with Gasteiger partial charge in [0.15, 0.2) is 11.2 Å². The highest BCUT2D eigenvalue weighted by Crippen LogP contribution is 2.24. The number of aromatic amines is 1. The quantitative estimate of drug-likeness (QED) is 0.611. The van der Waals surface area contributed by atoms with Gasteiger partial charge in [0.05, 0.1) is 19.8 Å². The van der Waals surface area contributed by atoms with Gasteiger partial charge in [0.2, 0.25) is 5.95 Å². The second-order valence-electron chi connectivity index (χ2n) is 7.53. The molecule has 30 heavy (non-hydrogen) atoms. The van der Waals surface area contributed by atoms with Crippen molar-refractivity contribution >= 4 is 22.8 Å². The lowest BCUT2D eigenvalue weighted by atomic mass is 10.2. The number of aromatic nitrogens is 4. The number of anilines is 2. The Morgan fingerprint density at radius 3 is 2.37 bits per heavy atom. The number of aliphatic hydroxyl groups is 1. The van der Waals surface area contributed by atoms with Crippen LogP contribution in [0, 0.1) is 0 Å². The van der Waals surface area contributed by atoms with Crippen molar-refractivity contribution in [2.75, 3.05) is 43.1 Å². The van der Waals surface area contributed by atoms with Crippen molar-refractivity contribution in [1.29, 1.82) is 0 Å². The van der Waals surface area contributed by atoms with E-state index < -0.39 is 17.4 Å². The van der Waals surface area contributed by atoms with E-state index >= 15 is 0 Å². The number of methoxy groups -OCH3 is 1. The maximum absolute atomic E-state index is 12.5. The van der Waals surface area contributed by atoms with Crippen LogP contribution in [0.25, 0.3) is 11.2 Å². The van der Waals surface area contributed by atoms with Gasteiger partial charge < -0.3 is 24.2 Å². The van der Waals surface area contributed by atoms with Gasteiger partial charge in [-0.25, -0.2) is 4.79 Å². The first-order valence-corrected chi connectivity index (χ1v) is 9.90. The van der Waals surface area contributed by atoms with Gasteiger partial charge in [0.1, 0.15) is 5.75 Å². The number of rotatable bonds is 5. The largest absolute Gasteiger partial charge is 0.497 e. The Morgan fingerprint density at radius 1 is 1.13 bits per heavy atom. The van der Waals surface area contributed by atoms with Crippen LogP contribution in [-0.2, 0) is 13.6 Å². The molecule has 1 fully saturated rings. The van der Waals surface area contributed by atoms with Crippen LogP contribution >= 0.6 is 0 Å². The van der Waals surface area contributed by atoms with E-state index in [9.17, 15) is 14.7 Å². The molecule has 0 spiro atoms. The van der Waals surface area contributed by atoms with E-state index in [0.29, 0.717) is 30.2 Å². The smallest absolute Gasteiger partial charge is 0.329 e. The Balaban J connectivity index is 1.65. The average molecular weight is 414 g/mol. The van der Waals surface area contributed by atoms with Crippen LogP contribution in [-0.4, -0.2) is 63.6 Å². The number of aliphatic hydroxyl groups excluding tert-OH is 1. The van der Waals surface area contributed by atoms with Crippen molar-refractivity contribution in [2.45, 2.75) is 19.6 Å². The number of ether oxygens (including phenoxy) is 1. The lowest BCUT2D eigenvalue weighted by Crippen LogP contribution is -2.47. The number of hydrogen-bond donors (Lipinski definition) is 2. The number of benzene rings is 1. The molecule has 3 heterocycles. The molecule has 1 aliphatic rings. The second-order valence-corrected chi connectivity index (χ2v) is 7.53. The van der Waals surface area contributed by atoms with E-state index in [0.717, 1.165) is 24.5 Å². The van der Waals surface area contributed by atoms with E-state index in [1.54, 1.807) is 25.6 Å². The molecule has 0 unspecified atom stereocenters. The monoisotopic (exact) mass is 414 g/mol. The zero-order valence-electron chi connectivity index (χ0n) is 17.3. The summed E-state index contributed by atoms with van der Waals surface area (Å²) >= 11 is 0. The van der Waals surface area contributed by atoms with Crippen LogP contribution in [0.3, 0.4) is 0 Å². The number of hydrogen-bond acceptors (Lipinski definition) is 7. The molecular formula is C20H26N6O4. The van der Waals surface area contributed by atoms with Gasteiger partial charge in [0.25, 0.3) is 5.56 Å². The normalized spacial score (nSPS) is 15.6. The standard InChI is InChI=1S/C20H26N6O4/c1-13(27)12-26-16-17(23(2)20(29)22-18(16)28)21-19(26)25-10-8-24(9-11-25)14-4-6-15(30-3)7-5-14/h4-7,13,27H,8-12H2,1-3H3,(H,22,28,29)/t13-/m1/s1. The number of piperazine rings is 1. The van der Waals surface area contributed by atoms with Crippen LogP contribution in [0.15, 0.2) is 33.9 Å². The molecule has 10 nitrogen and oxygen atoms in total. The SMILES string of the molecule is COc1ccc(N2CCN(c3nc4c(c(=O)[nH]c(=O)n4C)n3C[C@@H](C)O)CC2)cc1. The van der Waals surface area contributed by atoms with Gasteiger partial charge in [-0.15, -0.1) is 0 Å². The van der Waals surface area contributed by atoms with E-state index in [1.807, 2.05) is 24.3 Å². The maximum Gasteiger partial charge on any atom is 0.329 e. The molecule has 3 aromatic rings. The molecule has 0 aliphatic carbocycles. The fourth-order valence-corrected chi connectivity index (χ4v) is 3.86. The minimum absolute atomic E-state index is 0.214. The lowest BCUT2D eigenvalue weighted by molar-refractivity contribution is 0.175. The fraction of sp³-hybridized carbons (Fsp3) is 0.450. The first-order valence-electron chi connectivity index (χ1n) is 9.90. The summed E-state index contributed by atoms with van der Waals surface area (Å²) in [6, 6.07) is 7.95. The van der Waals surface area contributed by atoms with Crippen molar-refractivity contribution in [3.63, 3.8) is 0 Å². The van der Waals surface area contributed by atoms with Gasteiger partial charge >= 0.3 is 5.69 Å². The molecule has 160 valence electrons. The molecule has 0 amide bonds. The van der Waals surface area contributed by atoms with Crippen LogP contribution in [0.5, 0.6) is 5.75 Å². The molecule has 10 heteroatoms. The summed E-state index contributed by atoms with van der Waals surface area (Å²) in [6.45, 7) is 4.82. The summed E-state index contributed by atoms with van der Waals surface area (Å²) in [5.74, 6) is 1.41. The molecule has 1 aromatic carbocycles. The topological polar surface area (TPSA) is 109 Å². The molecule has 2 N–H and O–H groups in total. The van der Waals surface area contributed by atoms with E-state index in [-0.39, 0.29) is 6.54 Å². The van der Waals surface area contributed by atoms with Gasteiger partial charge in [0, 0.05) is 38.9 Å². The molecular weight excluding hydrogens is 388 g/mol. The van der Waals surface area contributed by atoms with E-state index in [2.05, 4.69) is 19.8 Å². The third-order valence-electron chi connectivity index (χ3n) is 5.43. The molecule has 2 aromatic heterocycles. The fourth-order valence-electron chi connectivity index (χ4n) is 3.86. The summed E-state index contributed by atoms with van der Waals surface area (Å²) in [5, 5.41) is 9.99. The highest BCUT2D eigenvalue weighted by Gasteiger charge is 2.25. The summed E-state index contributed by atoms with van der Waals surface area (Å²) < 4.78 is 8.26. The van der Waals surface area contributed by atoms with Gasteiger partial charge in [-0.2, -0.15) is 4.98 Å². The van der Waals surface area contributed by atoms with Crippen molar-refractivity contribution in [1.82, 2.24) is 19.1 Å². The van der Waals surface area contributed by atoms with Crippen LogP contribution < -0.4 is 25.8 Å². The molecule has 1 saturated heterocycles. The third kappa shape index (κ3) is 3.54. The predicted octanol–water partition coefficient (Wildman–Crippen LogP) is 0.139. The van der Waals surface area contributed by atoms with Gasteiger partial charge in [-0.3, -0.25) is 14.3 Å². The molecule has 1 atom stereocenters. The van der Waals surface area contributed by atoms with Crippen molar-refractivity contribution in [3.8, 4) is 5.75 Å². The van der Waals surface area contributed by atoms with Crippen LogP contribution in [0.4, 0.5) is 11.6 Å². The van der Waals surface area contributed by atoms with Gasteiger partial charge in [-0.05, 0) is 31.2 Å². The van der Waals surface area contributed by atoms with E-state index in [1.165, 1.54) is 4.57 Å². The van der Waals surface area contributed by atoms with Crippen LogP contribution in [0.1, 0.15) is 6.92 Å². The first-order chi connectivity index (χ1) is 14.4. The predicted molar refractivity (Wildman–Crippen MR) is 115 cm³/mol. The Labute approximate surface area is 172 Å². The number of nitrogens with one attached hydrogen (secondary N) is 1. The van der Waals surface area contributed by atoms with Crippen molar-refractivity contribution in [2.24, 2.45) is 7.05 Å². The highest BCUT2D eigenvalue weighted by atomic mass is 16.5. The Morgan fingerprint density at radius 2 is 1.77 bits per heavy atom. The average Bonchev–Trinajstić information content (AvgIpc) is 3.11. The molecule has 1 aliphatic heterocycles. The minimum Gasteiger partial charge on any atom is -0.497 e. The molecule has 0 bridgehead atoms. The third-order valence-corrected chi connectivity index (χ3v) is 5.43. The lowest BCUT2D eigenvalue weighted by Gasteiger charge is -2.36. The molecule has 4 rings (SSSR count). The number of H-pyrrole nitrogens is 1. The number of aryl methyl sites for hydroxylation is 1. The summed E-state index contributed by atoms with van der Waals surface area (Å²) in [6.07, 6.45) is -0.668. The number of imidazole rings is 1. The summed E-state index contributed by atoms with van der Waals surface area (Å²) in [7, 11) is 3.22. The summed E-state index contributed by atoms with van der Waals surface area (Å²) in [4.78, 5) is 35.8. The zero-order chi connectivity index (χ0) is 21.4. The maximum atomic E-state index is 12.5. The van der Waals surface area contributed by atoms with Gasteiger partial charge in [-0.1, -0.05) is 0 Å². The van der Waals surface area contributed by atoms with Crippen molar-refractivity contribution in [3.05, 3.63) is 45.1 Å². The first kappa shape index (κ1) is 20.0. The Bertz CT molecular complexity index is 1150. The van der Waals surface area contributed by atoms with Crippen molar-refractivity contribution < 1.29 is 9.84 Å². The zero-order valence-corrected chi connectivity index (χ0v) is 17.3. The minimum atomic E-state index is -0.668. The van der Waals surface area contributed by atoms with Crippen LogP contribution in [0.2, 0.25) is 0 Å². The summed E-state index contributed by atoms with van der Waals surface area (Å²) in [5.41, 5.74) is 0.726. The van der Waals surface area contributed by atoms with E-state index in [4.69, 9.17) is 4.74 Å². The Hall–Kier alpha value is -3.27. The number of fused-ring (bicyclic) bond motifs is 1. The molecule has 0 saturated carbocycles. The second kappa shape index (κ2) is 7.86. The Kier molecular flexibility index (Phi) is 5.25. The molecule has 0 radical (unpaired) electrons.